The molecule has 4 amide bonds. The van der Waals surface area contributed by atoms with Crippen molar-refractivity contribution in [1.29, 1.82) is 0 Å². The average Bonchev–Trinajstić information content (AvgIpc) is 3.21. The third kappa shape index (κ3) is 4.75. The molecule has 14 heteroatoms. The third-order valence-electron chi connectivity index (χ3n) is 8.11. The summed E-state index contributed by atoms with van der Waals surface area (Å²) in [6.07, 6.45) is -0.565. The maximum atomic E-state index is 13.2. The fourth-order valence-corrected chi connectivity index (χ4v) is 9.30. The van der Waals surface area contributed by atoms with E-state index >= 15 is 0 Å². The largest absolute Gasteiger partial charge is 0.318 e. The summed E-state index contributed by atoms with van der Waals surface area (Å²) in [5.74, 6) is -8.35. The molecule has 12 nitrogen and oxygen atoms in total. The standard InChI is InChI=1S/C28H30N2O10S2/c1-13-7-15(3)23(16(4)8-13)41(35,36)39-29-25(31)19-11-21-22(12-20(19)26(29)32)28(34)30(27(21)33)40-42(37,38)24-17(5)9-14(2)10-18(24)6/h7-10,19-22H,11-12H2,1-6H3. The van der Waals surface area contributed by atoms with Crippen LogP contribution in [-0.4, -0.2) is 50.6 Å². The summed E-state index contributed by atoms with van der Waals surface area (Å²) < 4.78 is 62.7. The molecule has 3 aliphatic rings. The molecule has 0 radical (unpaired) electrons. The van der Waals surface area contributed by atoms with Gasteiger partial charge >= 0.3 is 20.2 Å². The highest BCUT2D eigenvalue weighted by Crippen LogP contribution is 2.48. The van der Waals surface area contributed by atoms with Gasteiger partial charge in [-0.1, -0.05) is 35.4 Å². The highest BCUT2D eigenvalue weighted by molar-refractivity contribution is 7.87. The normalized spacial score (nSPS) is 24.4. The molecule has 1 aliphatic carbocycles. The molecule has 0 aromatic heterocycles. The van der Waals surface area contributed by atoms with E-state index in [0.29, 0.717) is 22.3 Å². The number of hydrogen-bond acceptors (Lipinski definition) is 10. The molecule has 2 saturated heterocycles. The maximum Gasteiger partial charge on any atom is 0.318 e. The third-order valence-corrected chi connectivity index (χ3v) is 11.1. The summed E-state index contributed by atoms with van der Waals surface area (Å²) in [4.78, 5) is 52.6. The number of amides is 4. The number of hydrogen-bond donors (Lipinski definition) is 0. The summed E-state index contributed by atoms with van der Waals surface area (Å²) in [6, 6.07) is 6.52. The van der Waals surface area contributed by atoms with E-state index in [1.165, 1.54) is 0 Å². The Morgan fingerprint density at radius 1 is 0.524 bits per heavy atom. The van der Waals surface area contributed by atoms with Gasteiger partial charge in [0.1, 0.15) is 9.79 Å². The van der Waals surface area contributed by atoms with E-state index in [0.717, 1.165) is 11.1 Å². The smallest absolute Gasteiger partial charge is 0.272 e. The van der Waals surface area contributed by atoms with E-state index in [4.69, 9.17) is 8.57 Å². The van der Waals surface area contributed by atoms with Crippen molar-refractivity contribution in [2.75, 3.05) is 0 Å². The number of carbonyl (C=O) groups is 4. The van der Waals surface area contributed by atoms with Crippen molar-refractivity contribution < 1.29 is 44.6 Å². The van der Waals surface area contributed by atoms with Gasteiger partial charge in [-0.3, -0.25) is 19.2 Å². The lowest BCUT2D eigenvalue weighted by Crippen LogP contribution is -2.35. The minimum atomic E-state index is -4.58. The lowest BCUT2D eigenvalue weighted by Gasteiger charge is -2.27. The highest BCUT2D eigenvalue weighted by atomic mass is 32.2. The van der Waals surface area contributed by atoms with Crippen LogP contribution < -0.4 is 0 Å². The first kappa shape index (κ1) is 30.0. The number of rotatable bonds is 6. The van der Waals surface area contributed by atoms with Crippen molar-refractivity contribution in [3.05, 3.63) is 57.6 Å². The monoisotopic (exact) mass is 618 g/mol. The van der Waals surface area contributed by atoms with Crippen LogP contribution in [0, 0.1) is 65.2 Å². The number of nitrogens with zero attached hydrogens (tertiary/aromatic N) is 2. The lowest BCUT2D eigenvalue weighted by molar-refractivity contribution is -0.166. The Labute approximate surface area is 243 Å². The molecular weight excluding hydrogens is 588 g/mol. The number of fused-ring (bicyclic) bond motifs is 2. The van der Waals surface area contributed by atoms with Gasteiger partial charge < -0.3 is 0 Å². The predicted octanol–water partition coefficient (Wildman–Crippen LogP) is 2.47. The van der Waals surface area contributed by atoms with Crippen LogP contribution in [0.5, 0.6) is 0 Å². The van der Waals surface area contributed by atoms with Gasteiger partial charge in [0.05, 0.1) is 23.7 Å². The quantitative estimate of drug-likeness (QED) is 0.440. The Bertz CT molecular complexity index is 1580. The summed E-state index contributed by atoms with van der Waals surface area (Å²) in [6.45, 7) is 9.85. The molecule has 1 saturated carbocycles. The summed E-state index contributed by atoms with van der Waals surface area (Å²) >= 11 is 0. The van der Waals surface area contributed by atoms with Crippen LogP contribution in [0.3, 0.4) is 0 Å². The molecule has 224 valence electrons. The Balaban J connectivity index is 1.37. The molecular formula is C28H30N2O10S2. The van der Waals surface area contributed by atoms with E-state index in [1.54, 1.807) is 65.8 Å². The van der Waals surface area contributed by atoms with Gasteiger partial charge in [-0.2, -0.15) is 16.8 Å². The van der Waals surface area contributed by atoms with E-state index < -0.39 is 67.5 Å². The molecule has 0 N–H and O–H groups in total. The van der Waals surface area contributed by atoms with Gasteiger partial charge in [0.25, 0.3) is 23.6 Å². The first-order chi connectivity index (χ1) is 19.4. The minimum Gasteiger partial charge on any atom is -0.272 e. The second-order valence-electron chi connectivity index (χ2n) is 11.4. The number of imide groups is 2. The van der Waals surface area contributed by atoms with Crippen LogP contribution in [-0.2, 0) is 48.0 Å². The zero-order valence-electron chi connectivity index (χ0n) is 23.8. The van der Waals surface area contributed by atoms with Crippen molar-refractivity contribution in [3.63, 3.8) is 0 Å². The number of carbonyl (C=O) groups excluding carboxylic acids is 4. The van der Waals surface area contributed by atoms with Crippen molar-refractivity contribution in [2.24, 2.45) is 23.7 Å². The van der Waals surface area contributed by atoms with Crippen molar-refractivity contribution in [1.82, 2.24) is 10.1 Å². The Morgan fingerprint density at radius 2 is 0.762 bits per heavy atom. The second kappa shape index (κ2) is 10.1. The van der Waals surface area contributed by atoms with E-state index in [2.05, 4.69) is 0 Å². The Kier molecular flexibility index (Phi) is 7.20. The molecule has 2 aliphatic heterocycles. The van der Waals surface area contributed by atoms with Gasteiger partial charge in [0, 0.05) is 0 Å². The van der Waals surface area contributed by atoms with E-state index in [-0.39, 0.29) is 32.8 Å². The van der Waals surface area contributed by atoms with Crippen LogP contribution in [0.25, 0.3) is 0 Å². The maximum absolute atomic E-state index is 13.2. The predicted molar refractivity (Wildman–Crippen MR) is 145 cm³/mol. The fraction of sp³-hybridized carbons (Fsp3) is 0.429. The molecule has 0 spiro atoms. The van der Waals surface area contributed by atoms with Crippen molar-refractivity contribution in [3.8, 4) is 0 Å². The highest BCUT2D eigenvalue weighted by Gasteiger charge is 2.62. The molecule has 5 rings (SSSR count). The van der Waals surface area contributed by atoms with E-state index in [9.17, 15) is 36.0 Å². The molecule has 4 unspecified atom stereocenters. The average molecular weight is 619 g/mol. The minimum absolute atomic E-state index is 0.168. The number of hydroxylamine groups is 4. The Morgan fingerprint density at radius 3 is 1.00 bits per heavy atom. The van der Waals surface area contributed by atoms with Gasteiger partial charge in [-0.05, 0) is 76.6 Å². The zero-order chi connectivity index (χ0) is 31.0. The molecule has 42 heavy (non-hydrogen) atoms. The number of aryl methyl sites for hydroxylation is 6. The molecule has 4 atom stereocenters. The number of benzene rings is 2. The topological polar surface area (TPSA) is 161 Å². The first-order valence-corrected chi connectivity index (χ1v) is 16.1. The van der Waals surface area contributed by atoms with Gasteiger partial charge in [-0.25, -0.2) is 0 Å². The molecule has 0 bridgehead atoms. The summed E-state index contributed by atoms with van der Waals surface area (Å²) in [7, 11) is -9.16. The fourth-order valence-electron chi connectivity index (χ4n) is 6.66. The molecule has 3 fully saturated rings. The van der Waals surface area contributed by atoms with Crippen LogP contribution in [0.15, 0.2) is 34.1 Å². The van der Waals surface area contributed by atoms with Crippen LogP contribution in [0.2, 0.25) is 0 Å². The van der Waals surface area contributed by atoms with Gasteiger partial charge in [0.15, 0.2) is 0 Å². The van der Waals surface area contributed by atoms with Crippen LogP contribution in [0.4, 0.5) is 0 Å². The van der Waals surface area contributed by atoms with E-state index in [1.807, 2.05) is 0 Å². The first-order valence-electron chi connectivity index (χ1n) is 13.2. The van der Waals surface area contributed by atoms with Crippen LogP contribution >= 0.6 is 0 Å². The lowest BCUT2D eigenvalue weighted by atomic mass is 9.70. The molecule has 2 aromatic carbocycles. The molecule has 2 aromatic rings. The molecule has 2 heterocycles. The van der Waals surface area contributed by atoms with Gasteiger partial charge in [-0.15, -0.1) is 18.7 Å². The van der Waals surface area contributed by atoms with Crippen molar-refractivity contribution >= 4 is 43.9 Å². The Hall–Kier alpha value is -3.46. The second-order valence-corrected chi connectivity index (χ2v) is 14.3. The SMILES string of the molecule is Cc1cc(C)c(S(=O)(=O)ON2C(=O)C3CC4C(=O)N(OS(=O)(=O)c5c(C)cc(C)cc5C)C(=O)C4CC3C2=O)c(C)c1. The van der Waals surface area contributed by atoms with Crippen LogP contribution in [0.1, 0.15) is 46.2 Å². The van der Waals surface area contributed by atoms with Gasteiger partial charge in [0.2, 0.25) is 0 Å². The van der Waals surface area contributed by atoms with Crippen molar-refractivity contribution in [2.45, 2.75) is 64.2 Å². The summed E-state index contributed by atoms with van der Waals surface area (Å²) in [5.41, 5.74) is 3.14. The zero-order valence-corrected chi connectivity index (χ0v) is 25.5. The summed E-state index contributed by atoms with van der Waals surface area (Å²) in [5, 5.41) is 0.419.